The van der Waals surface area contributed by atoms with Crippen molar-refractivity contribution in [2.24, 2.45) is 5.41 Å². The number of nitrogens with zero attached hydrogens (tertiary/aromatic N) is 1. The van der Waals surface area contributed by atoms with Crippen LogP contribution in [0.25, 0.3) is 0 Å². The second-order valence-corrected chi connectivity index (χ2v) is 6.53. The summed E-state index contributed by atoms with van der Waals surface area (Å²) in [6, 6.07) is 4.61. The van der Waals surface area contributed by atoms with Gasteiger partial charge < -0.3 is 5.11 Å². The van der Waals surface area contributed by atoms with Gasteiger partial charge in [-0.05, 0) is 45.9 Å². The fourth-order valence-electron chi connectivity index (χ4n) is 2.36. The average Bonchev–Trinajstić information content (AvgIpc) is 2.85. The first-order valence-corrected chi connectivity index (χ1v) is 6.78. The van der Waals surface area contributed by atoms with Crippen molar-refractivity contribution in [2.75, 3.05) is 13.1 Å². The van der Waals surface area contributed by atoms with Crippen LogP contribution in [0.5, 0.6) is 0 Å². The SMILES string of the molecule is Cc1ccc(C(C)N2CCC(C)(C(=O)O)C2)s1. The van der Waals surface area contributed by atoms with E-state index in [2.05, 4.69) is 30.9 Å². The number of hydrogen-bond acceptors (Lipinski definition) is 3. The molecule has 1 saturated heterocycles. The number of carbonyl (C=O) groups is 1. The molecule has 2 heterocycles. The van der Waals surface area contributed by atoms with E-state index in [9.17, 15) is 9.90 Å². The number of aliphatic carboxylic acids is 1. The van der Waals surface area contributed by atoms with Crippen LogP contribution in [0, 0.1) is 12.3 Å². The fraction of sp³-hybridized carbons (Fsp3) is 0.615. The Morgan fingerprint density at radius 1 is 1.59 bits per heavy atom. The average molecular weight is 253 g/mol. The monoisotopic (exact) mass is 253 g/mol. The van der Waals surface area contributed by atoms with Crippen LogP contribution in [0.3, 0.4) is 0 Å². The van der Waals surface area contributed by atoms with E-state index in [1.54, 1.807) is 11.3 Å². The highest BCUT2D eigenvalue weighted by molar-refractivity contribution is 7.12. The van der Waals surface area contributed by atoms with Gasteiger partial charge in [-0.25, -0.2) is 0 Å². The van der Waals surface area contributed by atoms with Crippen LogP contribution >= 0.6 is 11.3 Å². The topological polar surface area (TPSA) is 40.5 Å². The zero-order valence-corrected chi connectivity index (χ0v) is 11.4. The van der Waals surface area contributed by atoms with E-state index >= 15 is 0 Å². The van der Waals surface area contributed by atoms with Gasteiger partial charge in [0.15, 0.2) is 0 Å². The van der Waals surface area contributed by atoms with Gasteiger partial charge in [-0.2, -0.15) is 0 Å². The Kier molecular flexibility index (Phi) is 3.27. The molecule has 4 heteroatoms. The van der Waals surface area contributed by atoms with Gasteiger partial charge in [0.25, 0.3) is 0 Å². The highest BCUT2D eigenvalue weighted by Crippen LogP contribution is 2.36. The maximum atomic E-state index is 11.2. The standard InChI is InChI=1S/C13H19NO2S/c1-9-4-5-11(17-9)10(2)14-7-6-13(3,8-14)12(15)16/h4-5,10H,6-8H2,1-3H3,(H,15,16). The van der Waals surface area contributed by atoms with Gasteiger partial charge in [0.2, 0.25) is 0 Å². The van der Waals surface area contributed by atoms with Gasteiger partial charge >= 0.3 is 5.97 Å². The Morgan fingerprint density at radius 3 is 2.76 bits per heavy atom. The number of rotatable bonds is 3. The van der Waals surface area contributed by atoms with Crippen molar-refractivity contribution < 1.29 is 9.90 Å². The fourth-order valence-corrected chi connectivity index (χ4v) is 3.32. The first-order valence-electron chi connectivity index (χ1n) is 5.96. The molecule has 1 aromatic rings. The second kappa shape index (κ2) is 4.42. The molecular weight excluding hydrogens is 234 g/mol. The first-order chi connectivity index (χ1) is 7.92. The Morgan fingerprint density at radius 2 is 2.29 bits per heavy atom. The van der Waals surface area contributed by atoms with E-state index in [0.29, 0.717) is 12.6 Å². The molecule has 0 radical (unpaired) electrons. The summed E-state index contributed by atoms with van der Waals surface area (Å²) in [5.74, 6) is -0.672. The Bertz CT molecular complexity index is 429. The first kappa shape index (κ1) is 12.6. The normalized spacial score (nSPS) is 27.2. The number of aryl methyl sites for hydroxylation is 1. The smallest absolute Gasteiger partial charge is 0.310 e. The molecule has 2 rings (SSSR count). The van der Waals surface area contributed by atoms with Crippen LogP contribution in [0.4, 0.5) is 0 Å². The predicted octanol–water partition coefficient (Wildman–Crippen LogP) is 2.91. The summed E-state index contributed by atoms with van der Waals surface area (Å²) in [6.07, 6.45) is 0.747. The molecule has 0 saturated carbocycles. The molecule has 1 N–H and O–H groups in total. The molecule has 1 aromatic heterocycles. The van der Waals surface area contributed by atoms with Crippen molar-refractivity contribution in [1.29, 1.82) is 0 Å². The maximum absolute atomic E-state index is 11.2. The van der Waals surface area contributed by atoms with E-state index in [-0.39, 0.29) is 0 Å². The molecule has 0 bridgehead atoms. The molecule has 1 aliphatic rings. The molecule has 2 atom stereocenters. The summed E-state index contributed by atoms with van der Waals surface area (Å²) >= 11 is 1.80. The van der Waals surface area contributed by atoms with Crippen LogP contribution in [0.15, 0.2) is 12.1 Å². The maximum Gasteiger partial charge on any atom is 0.310 e. The zero-order chi connectivity index (χ0) is 12.6. The predicted molar refractivity (Wildman–Crippen MR) is 69.4 cm³/mol. The minimum absolute atomic E-state index is 0.329. The number of carboxylic acid groups (broad SMARTS) is 1. The van der Waals surface area contributed by atoms with Gasteiger partial charge in [-0.15, -0.1) is 11.3 Å². The highest BCUT2D eigenvalue weighted by atomic mass is 32.1. The summed E-state index contributed by atoms with van der Waals surface area (Å²) in [7, 11) is 0. The molecule has 3 nitrogen and oxygen atoms in total. The summed E-state index contributed by atoms with van der Waals surface area (Å²) < 4.78 is 0. The summed E-state index contributed by atoms with van der Waals surface area (Å²) in [6.45, 7) is 7.65. The number of carboxylic acids is 1. The van der Waals surface area contributed by atoms with Crippen LogP contribution in [0.2, 0.25) is 0 Å². The lowest BCUT2D eigenvalue weighted by Crippen LogP contribution is -2.32. The third-order valence-electron chi connectivity index (χ3n) is 3.74. The van der Waals surface area contributed by atoms with Gasteiger partial charge in [-0.3, -0.25) is 9.69 Å². The van der Waals surface area contributed by atoms with E-state index < -0.39 is 11.4 Å². The molecule has 0 amide bonds. The van der Waals surface area contributed by atoms with Crippen molar-refractivity contribution in [2.45, 2.75) is 33.2 Å². The molecule has 1 aliphatic heterocycles. The van der Waals surface area contributed by atoms with Gasteiger partial charge in [0.1, 0.15) is 0 Å². The largest absolute Gasteiger partial charge is 0.481 e. The Hall–Kier alpha value is -0.870. The minimum Gasteiger partial charge on any atom is -0.481 e. The third-order valence-corrected chi connectivity index (χ3v) is 4.91. The molecule has 94 valence electrons. The number of hydrogen-bond donors (Lipinski definition) is 1. The highest BCUT2D eigenvalue weighted by Gasteiger charge is 2.42. The quantitative estimate of drug-likeness (QED) is 0.900. The second-order valence-electron chi connectivity index (χ2n) is 5.21. The molecule has 0 aromatic carbocycles. The van der Waals surface area contributed by atoms with Crippen LogP contribution in [-0.2, 0) is 4.79 Å². The summed E-state index contributed by atoms with van der Waals surface area (Å²) in [5.41, 5.74) is -0.569. The van der Waals surface area contributed by atoms with E-state index in [4.69, 9.17) is 0 Å². The van der Waals surface area contributed by atoms with E-state index in [0.717, 1.165) is 13.0 Å². The molecule has 17 heavy (non-hydrogen) atoms. The molecular formula is C13H19NO2S. The van der Waals surface area contributed by atoms with Crippen molar-refractivity contribution in [3.8, 4) is 0 Å². The molecule has 1 fully saturated rings. The van der Waals surface area contributed by atoms with Crippen molar-refractivity contribution in [3.05, 3.63) is 21.9 Å². The van der Waals surface area contributed by atoms with Crippen LogP contribution in [0.1, 0.15) is 36.1 Å². The Balaban J connectivity index is 2.08. The van der Waals surface area contributed by atoms with E-state index in [1.165, 1.54) is 9.75 Å². The lowest BCUT2D eigenvalue weighted by molar-refractivity contribution is -0.147. The van der Waals surface area contributed by atoms with Crippen molar-refractivity contribution >= 4 is 17.3 Å². The Labute approximate surface area is 106 Å². The summed E-state index contributed by atoms with van der Waals surface area (Å²) in [5, 5.41) is 9.22. The van der Waals surface area contributed by atoms with E-state index in [1.807, 2.05) is 6.92 Å². The lowest BCUT2D eigenvalue weighted by Gasteiger charge is -2.25. The number of thiophene rings is 1. The lowest BCUT2D eigenvalue weighted by atomic mass is 9.90. The zero-order valence-electron chi connectivity index (χ0n) is 10.6. The third kappa shape index (κ3) is 2.38. The molecule has 0 aliphatic carbocycles. The minimum atomic E-state index is -0.672. The van der Waals surface area contributed by atoms with Gasteiger partial charge in [0.05, 0.1) is 5.41 Å². The van der Waals surface area contributed by atoms with Gasteiger partial charge in [0, 0.05) is 22.3 Å². The molecule has 2 unspecified atom stereocenters. The molecule has 0 spiro atoms. The van der Waals surface area contributed by atoms with Gasteiger partial charge in [-0.1, -0.05) is 0 Å². The van der Waals surface area contributed by atoms with Crippen molar-refractivity contribution in [1.82, 2.24) is 4.90 Å². The summed E-state index contributed by atoms with van der Waals surface area (Å²) in [4.78, 5) is 16.1. The van der Waals surface area contributed by atoms with Crippen LogP contribution < -0.4 is 0 Å². The van der Waals surface area contributed by atoms with Crippen LogP contribution in [-0.4, -0.2) is 29.1 Å². The number of likely N-dealkylation sites (tertiary alicyclic amines) is 1. The van der Waals surface area contributed by atoms with Crippen molar-refractivity contribution in [3.63, 3.8) is 0 Å².